The molecule has 0 aliphatic heterocycles. The Kier molecular flexibility index (Phi) is 3.79. The monoisotopic (exact) mass is 259 g/mol. The summed E-state index contributed by atoms with van der Waals surface area (Å²) >= 11 is 0. The molecule has 0 aliphatic rings. The van der Waals surface area contributed by atoms with Gasteiger partial charge < -0.3 is 10.5 Å². The van der Waals surface area contributed by atoms with Gasteiger partial charge in [0.05, 0.1) is 12.3 Å². The van der Waals surface area contributed by atoms with Crippen molar-refractivity contribution in [3.63, 3.8) is 0 Å². The normalized spacial score (nSPS) is 10.4. The van der Waals surface area contributed by atoms with E-state index in [1.807, 2.05) is 25.1 Å². The molecule has 0 atom stereocenters. The minimum atomic E-state index is -0.0292. The highest BCUT2D eigenvalue weighted by molar-refractivity contribution is 5.98. The Balaban J connectivity index is 2.06. The van der Waals surface area contributed by atoms with Gasteiger partial charge >= 0.3 is 0 Å². The summed E-state index contributed by atoms with van der Waals surface area (Å²) < 4.78 is 7.30. The van der Waals surface area contributed by atoms with Crippen LogP contribution in [0.4, 0.5) is 0 Å². The van der Waals surface area contributed by atoms with Crippen LogP contribution < -0.4 is 10.5 Å². The van der Waals surface area contributed by atoms with E-state index in [0.717, 1.165) is 5.69 Å². The lowest BCUT2D eigenvalue weighted by atomic mass is 10.2. The van der Waals surface area contributed by atoms with Gasteiger partial charge in [-0.25, -0.2) is 4.68 Å². The topological polar surface area (TPSA) is 89.8 Å². The minimum Gasteiger partial charge on any atom is -0.477 e. The van der Waals surface area contributed by atoms with Gasteiger partial charge in [-0.15, -0.1) is 0 Å². The molecule has 0 radical (unpaired) electrons. The molecule has 100 valence electrons. The van der Waals surface area contributed by atoms with Gasteiger partial charge in [0.2, 0.25) is 5.88 Å². The van der Waals surface area contributed by atoms with Crippen molar-refractivity contribution in [1.82, 2.24) is 14.8 Å². The predicted octanol–water partition coefficient (Wildman–Crippen LogP) is 1.03. The van der Waals surface area contributed by atoms with E-state index in [4.69, 9.17) is 15.9 Å². The first-order valence-electron chi connectivity index (χ1n) is 6.00. The van der Waals surface area contributed by atoms with E-state index in [2.05, 4.69) is 10.1 Å². The zero-order valence-corrected chi connectivity index (χ0v) is 11.1. The number of nitrogens with zero attached hydrogens (tertiary/aromatic N) is 3. The van der Waals surface area contributed by atoms with E-state index >= 15 is 0 Å². The van der Waals surface area contributed by atoms with Crippen molar-refractivity contribution in [2.45, 2.75) is 13.3 Å². The fourth-order valence-electron chi connectivity index (χ4n) is 1.91. The molecule has 0 spiro atoms. The number of ether oxygens (including phenoxy) is 1. The Hall–Kier alpha value is -2.37. The van der Waals surface area contributed by atoms with Crippen LogP contribution in [0.2, 0.25) is 0 Å². The van der Waals surface area contributed by atoms with Gasteiger partial charge in [-0.1, -0.05) is 6.07 Å². The molecule has 0 saturated heterocycles. The number of hydrogen-bond donors (Lipinski definition) is 2. The molecule has 0 aliphatic carbocycles. The fourth-order valence-corrected chi connectivity index (χ4v) is 1.91. The van der Waals surface area contributed by atoms with Gasteiger partial charge in [0.1, 0.15) is 11.4 Å². The van der Waals surface area contributed by atoms with Crippen molar-refractivity contribution in [2.75, 3.05) is 6.61 Å². The zero-order chi connectivity index (χ0) is 13.8. The molecule has 2 aromatic rings. The summed E-state index contributed by atoms with van der Waals surface area (Å²) in [5.74, 6) is 0.499. The molecule has 0 amide bonds. The third-order valence-electron chi connectivity index (χ3n) is 2.76. The summed E-state index contributed by atoms with van der Waals surface area (Å²) in [5.41, 5.74) is 7.77. The Labute approximate surface area is 111 Å². The highest BCUT2D eigenvalue weighted by atomic mass is 16.5. The van der Waals surface area contributed by atoms with E-state index in [0.29, 0.717) is 30.2 Å². The van der Waals surface area contributed by atoms with Crippen LogP contribution in [0.3, 0.4) is 0 Å². The highest BCUT2D eigenvalue weighted by Gasteiger charge is 2.16. The lowest BCUT2D eigenvalue weighted by Gasteiger charge is -2.08. The number of aromatic nitrogens is 3. The van der Waals surface area contributed by atoms with Crippen LogP contribution in [-0.2, 0) is 13.5 Å². The zero-order valence-electron chi connectivity index (χ0n) is 11.1. The van der Waals surface area contributed by atoms with Crippen LogP contribution in [0.5, 0.6) is 5.88 Å². The van der Waals surface area contributed by atoms with Crippen LogP contribution in [0.15, 0.2) is 24.4 Å². The number of hydrogen-bond acceptors (Lipinski definition) is 4. The maximum absolute atomic E-state index is 7.56. The summed E-state index contributed by atoms with van der Waals surface area (Å²) in [4.78, 5) is 4.23. The second-order valence-electron chi connectivity index (χ2n) is 4.22. The standard InChI is InChI=1S/C13H17N5O/c1-9-11(12(14)15)13(18(2)17-9)19-8-6-10-5-3-4-7-16-10/h3-5,7H,6,8H2,1-2H3,(H3,14,15). The molecule has 2 rings (SSSR count). The molecule has 0 unspecified atom stereocenters. The first-order valence-corrected chi connectivity index (χ1v) is 6.00. The molecule has 6 nitrogen and oxygen atoms in total. The van der Waals surface area contributed by atoms with Gasteiger partial charge in [0, 0.05) is 25.4 Å². The maximum atomic E-state index is 7.56. The molecular weight excluding hydrogens is 242 g/mol. The quantitative estimate of drug-likeness (QED) is 0.620. The Morgan fingerprint density at radius 1 is 1.47 bits per heavy atom. The van der Waals surface area contributed by atoms with Crippen molar-refractivity contribution in [2.24, 2.45) is 12.8 Å². The van der Waals surface area contributed by atoms with Crippen LogP contribution >= 0.6 is 0 Å². The molecule has 0 aromatic carbocycles. The average molecular weight is 259 g/mol. The molecule has 19 heavy (non-hydrogen) atoms. The summed E-state index contributed by atoms with van der Waals surface area (Å²) in [7, 11) is 1.77. The lowest BCUT2D eigenvalue weighted by Crippen LogP contribution is -2.15. The number of rotatable bonds is 5. The number of aryl methyl sites for hydroxylation is 2. The molecule has 6 heteroatoms. The molecule has 0 bridgehead atoms. The fraction of sp³-hybridized carbons (Fsp3) is 0.308. The van der Waals surface area contributed by atoms with E-state index in [9.17, 15) is 0 Å². The second-order valence-corrected chi connectivity index (χ2v) is 4.22. The third-order valence-corrected chi connectivity index (χ3v) is 2.76. The number of amidine groups is 1. The molecule has 0 saturated carbocycles. The first-order chi connectivity index (χ1) is 9.09. The van der Waals surface area contributed by atoms with Gasteiger partial charge in [-0.3, -0.25) is 10.4 Å². The molecule has 2 heterocycles. The first kappa shape index (κ1) is 13.1. The van der Waals surface area contributed by atoms with Crippen LogP contribution in [0.1, 0.15) is 17.0 Å². The van der Waals surface area contributed by atoms with E-state index < -0.39 is 0 Å². The number of nitrogen functional groups attached to an aromatic ring is 1. The third kappa shape index (κ3) is 2.90. The van der Waals surface area contributed by atoms with Gasteiger partial charge in [0.25, 0.3) is 0 Å². The van der Waals surface area contributed by atoms with Crippen molar-refractivity contribution in [3.05, 3.63) is 41.3 Å². The summed E-state index contributed by atoms with van der Waals surface area (Å²) in [5, 5.41) is 11.8. The van der Waals surface area contributed by atoms with Crippen molar-refractivity contribution in [1.29, 1.82) is 5.41 Å². The second kappa shape index (κ2) is 5.51. The van der Waals surface area contributed by atoms with Crippen LogP contribution in [0.25, 0.3) is 0 Å². The Morgan fingerprint density at radius 3 is 2.89 bits per heavy atom. The average Bonchev–Trinajstić information content (AvgIpc) is 2.65. The minimum absolute atomic E-state index is 0.0292. The van der Waals surface area contributed by atoms with Gasteiger partial charge in [0.15, 0.2) is 0 Å². The number of pyridine rings is 1. The molecular formula is C13H17N5O. The van der Waals surface area contributed by atoms with Crippen molar-refractivity contribution >= 4 is 5.84 Å². The highest BCUT2D eigenvalue weighted by Crippen LogP contribution is 2.20. The summed E-state index contributed by atoms with van der Waals surface area (Å²) in [6.07, 6.45) is 2.45. The van der Waals surface area contributed by atoms with Crippen LogP contribution in [-0.4, -0.2) is 27.2 Å². The van der Waals surface area contributed by atoms with E-state index in [1.54, 1.807) is 17.9 Å². The van der Waals surface area contributed by atoms with Gasteiger partial charge in [-0.2, -0.15) is 5.10 Å². The van der Waals surface area contributed by atoms with Crippen molar-refractivity contribution < 1.29 is 4.74 Å². The van der Waals surface area contributed by atoms with E-state index in [1.165, 1.54) is 0 Å². The summed E-state index contributed by atoms with van der Waals surface area (Å²) in [6.45, 7) is 2.28. The smallest absolute Gasteiger partial charge is 0.223 e. The Bertz CT molecular complexity index is 576. The molecule has 0 fully saturated rings. The molecule has 2 aromatic heterocycles. The SMILES string of the molecule is Cc1nn(C)c(OCCc2ccccn2)c1C(=N)N. The summed E-state index contributed by atoms with van der Waals surface area (Å²) in [6, 6.07) is 5.77. The number of nitrogens with one attached hydrogen (secondary N) is 1. The number of nitrogens with two attached hydrogens (primary N) is 1. The lowest BCUT2D eigenvalue weighted by molar-refractivity contribution is 0.292. The van der Waals surface area contributed by atoms with E-state index in [-0.39, 0.29) is 5.84 Å². The van der Waals surface area contributed by atoms with Crippen LogP contribution in [0, 0.1) is 12.3 Å². The van der Waals surface area contributed by atoms with Gasteiger partial charge in [-0.05, 0) is 19.1 Å². The maximum Gasteiger partial charge on any atom is 0.223 e. The van der Waals surface area contributed by atoms with Crippen molar-refractivity contribution in [3.8, 4) is 5.88 Å². The largest absolute Gasteiger partial charge is 0.477 e. The molecule has 3 N–H and O–H groups in total. The Morgan fingerprint density at radius 2 is 2.26 bits per heavy atom. The predicted molar refractivity (Wildman–Crippen MR) is 72.4 cm³/mol.